The number of nitrogens with zero attached hydrogens (tertiary/aromatic N) is 9. The fourth-order valence-electron chi connectivity index (χ4n) is 4.28. The van der Waals surface area contributed by atoms with Gasteiger partial charge in [-0.25, -0.2) is 24.7 Å². The molecule has 5 rings (SSSR count). The SMILES string of the molecule is N#CC[C@@H]([C@H]1CCN(c2ncc(Br)nc2C#N)C1)n1cc(-c2ncnc3[nH]ccc23)cn1.O=C(O)C(F)(F)F. The number of nitriles is 2. The van der Waals surface area contributed by atoms with Crippen LogP contribution in [0.25, 0.3) is 22.3 Å². The van der Waals surface area contributed by atoms with Gasteiger partial charge in [0.15, 0.2) is 11.5 Å². The number of nitrogens with one attached hydrogen (secondary N) is 1. The summed E-state index contributed by atoms with van der Waals surface area (Å²) in [4.78, 5) is 31.4. The Labute approximate surface area is 226 Å². The maximum absolute atomic E-state index is 10.6. The van der Waals surface area contributed by atoms with Gasteiger partial charge in [0.05, 0.1) is 36.6 Å². The number of fused-ring (bicyclic) bond motifs is 1. The number of carboxylic acids is 1. The molecule has 0 amide bonds. The van der Waals surface area contributed by atoms with Crippen molar-refractivity contribution in [1.82, 2.24) is 34.7 Å². The number of hydrogen-bond donors (Lipinski definition) is 2. The first-order valence-corrected chi connectivity index (χ1v) is 12.1. The molecule has 4 aromatic heterocycles. The van der Waals surface area contributed by atoms with Gasteiger partial charge in [0.25, 0.3) is 0 Å². The van der Waals surface area contributed by atoms with Crippen molar-refractivity contribution in [2.24, 2.45) is 5.92 Å². The third-order valence-corrected chi connectivity index (χ3v) is 6.39. The van der Waals surface area contributed by atoms with Gasteiger partial charge in [-0.15, -0.1) is 0 Å². The zero-order valence-corrected chi connectivity index (χ0v) is 21.4. The minimum Gasteiger partial charge on any atom is -0.475 e. The molecule has 5 heterocycles. The molecule has 12 nitrogen and oxygen atoms in total. The number of anilines is 1. The molecule has 0 saturated carbocycles. The lowest BCUT2D eigenvalue weighted by Gasteiger charge is -2.23. The summed E-state index contributed by atoms with van der Waals surface area (Å²) in [6.07, 6.45) is 4.79. The van der Waals surface area contributed by atoms with Crippen LogP contribution < -0.4 is 4.90 Å². The highest BCUT2D eigenvalue weighted by Crippen LogP contribution is 2.34. The highest BCUT2D eigenvalue weighted by atomic mass is 79.9. The van der Waals surface area contributed by atoms with Crippen molar-refractivity contribution in [1.29, 1.82) is 10.5 Å². The van der Waals surface area contributed by atoms with Crippen LogP contribution >= 0.6 is 15.9 Å². The first-order chi connectivity index (χ1) is 18.6. The Morgan fingerprint density at radius 2 is 2.05 bits per heavy atom. The van der Waals surface area contributed by atoms with Gasteiger partial charge in [0.2, 0.25) is 0 Å². The van der Waals surface area contributed by atoms with Gasteiger partial charge in [0, 0.05) is 42.4 Å². The molecule has 39 heavy (non-hydrogen) atoms. The van der Waals surface area contributed by atoms with Crippen LogP contribution in [-0.4, -0.2) is 65.0 Å². The number of halogens is 4. The number of aromatic amines is 1. The summed E-state index contributed by atoms with van der Waals surface area (Å²) in [5.41, 5.74) is 2.74. The predicted molar refractivity (Wildman–Crippen MR) is 133 cm³/mol. The predicted octanol–water partition coefficient (Wildman–Crippen LogP) is 3.86. The second-order valence-corrected chi connectivity index (χ2v) is 9.19. The molecule has 4 aromatic rings. The van der Waals surface area contributed by atoms with Gasteiger partial charge in [-0.05, 0) is 28.4 Å². The summed E-state index contributed by atoms with van der Waals surface area (Å²) in [5, 5.41) is 31.6. The number of carboxylic acid groups (broad SMARTS) is 1. The molecular weight excluding hydrogens is 585 g/mol. The smallest absolute Gasteiger partial charge is 0.475 e. The number of hydrogen-bond acceptors (Lipinski definition) is 9. The van der Waals surface area contributed by atoms with E-state index in [0.29, 0.717) is 23.4 Å². The van der Waals surface area contributed by atoms with Gasteiger partial charge >= 0.3 is 12.1 Å². The standard InChI is InChI=1S/C21H17BrN10.C2HF3O2/c22-18-9-26-21(16(7-24)30-18)31-6-3-13(10-31)17(1-4-23)32-11-14(8-29-32)19-15-2-5-25-20(15)28-12-27-19;3-2(4,5)1(6)7/h2,5,8-9,11-13,17H,1,3,6,10H2,(H,25,27,28);(H,6,7)/t13-,17-;/m0./s1. The molecule has 2 N–H and O–H groups in total. The molecule has 0 bridgehead atoms. The molecule has 1 saturated heterocycles. The molecule has 1 aliphatic rings. The zero-order valence-electron chi connectivity index (χ0n) is 19.8. The van der Waals surface area contributed by atoms with Crippen molar-refractivity contribution in [2.45, 2.75) is 25.1 Å². The van der Waals surface area contributed by atoms with Crippen LogP contribution in [0.15, 0.2) is 41.8 Å². The van der Waals surface area contributed by atoms with Crippen LogP contribution in [0, 0.1) is 28.6 Å². The van der Waals surface area contributed by atoms with Crippen molar-refractivity contribution in [2.75, 3.05) is 18.0 Å². The number of alkyl halides is 3. The number of aliphatic carboxylic acids is 1. The normalized spacial score (nSPS) is 15.7. The van der Waals surface area contributed by atoms with Crippen molar-refractivity contribution < 1.29 is 23.1 Å². The lowest BCUT2D eigenvalue weighted by atomic mass is 9.96. The van der Waals surface area contributed by atoms with E-state index in [1.165, 1.54) is 6.33 Å². The van der Waals surface area contributed by atoms with E-state index in [9.17, 15) is 23.7 Å². The number of rotatable bonds is 5. The van der Waals surface area contributed by atoms with Crippen molar-refractivity contribution in [3.8, 4) is 23.4 Å². The van der Waals surface area contributed by atoms with Crippen LogP contribution in [0.3, 0.4) is 0 Å². The topological polar surface area (TPSA) is 173 Å². The van der Waals surface area contributed by atoms with E-state index in [4.69, 9.17) is 9.90 Å². The fourth-order valence-corrected chi connectivity index (χ4v) is 4.55. The Kier molecular flexibility index (Phi) is 8.06. The number of carbonyl (C=O) groups is 1. The summed E-state index contributed by atoms with van der Waals surface area (Å²) >= 11 is 3.26. The van der Waals surface area contributed by atoms with E-state index in [2.05, 4.69) is 63.0 Å². The monoisotopic (exact) mass is 602 g/mol. The highest BCUT2D eigenvalue weighted by molar-refractivity contribution is 9.10. The average Bonchev–Trinajstić information content (AvgIpc) is 3.68. The highest BCUT2D eigenvalue weighted by Gasteiger charge is 2.38. The quantitative estimate of drug-likeness (QED) is 0.341. The minimum atomic E-state index is -5.08. The Morgan fingerprint density at radius 1 is 1.28 bits per heavy atom. The summed E-state index contributed by atoms with van der Waals surface area (Å²) < 4.78 is 34.1. The molecule has 200 valence electrons. The summed E-state index contributed by atoms with van der Waals surface area (Å²) in [5.74, 6) is -2.00. The molecular formula is C23H18BrF3N10O2. The number of aromatic nitrogens is 7. The van der Waals surface area contributed by atoms with Gasteiger partial charge in [-0.1, -0.05) is 0 Å². The Morgan fingerprint density at radius 3 is 2.74 bits per heavy atom. The Bertz CT molecular complexity index is 1570. The summed E-state index contributed by atoms with van der Waals surface area (Å²) in [6, 6.07) is 6.26. The third kappa shape index (κ3) is 6.12. The van der Waals surface area contributed by atoms with Gasteiger partial charge in [0.1, 0.15) is 22.6 Å². The first-order valence-electron chi connectivity index (χ1n) is 11.3. The average molecular weight is 603 g/mol. The largest absolute Gasteiger partial charge is 0.490 e. The Balaban J connectivity index is 0.000000448. The summed E-state index contributed by atoms with van der Waals surface area (Å²) in [7, 11) is 0. The lowest BCUT2D eigenvalue weighted by molar-refractivity contribution is -0.192. The number of H-pyrrole nitrogens is 1. The van der Waals surface area contributed by atoms with Gasteiger partial charge in [-0.2, -0.15) is 28.8 Å². The van der Waals surface area contributed by atoms with Crippen LogP contribution in [0.2, 0.25) is 0 Å². The van der Waals surface area contributed by atoms with Crippen LogP contribution in [0.1, 0.15) is 24.6 Å². The maximum Gasteiger partial charge on any atom is 0.490 e. The van der Waals surface area contributed by atoms with Crippen LogP contribution in [-0.2, 0) is 4.79 Å². The molecule has 16 heteroatoms. The first kappa shape index (κ1) is 27.5. The van der Waals surface area contributed by atoms with E-state index < -0.39 is 12.1 Å². The third-order valence-electron chi connectivity index (χ3n) is 6.01. The van der Waals surface area contributed by atoms with E-state index in [0.717, 1.165) is 35.3 Å². The zero-order chi connectivity index (χ0) is 28.2. The molecule has 0 aliphatic carbocycles. The van der Waals surface area contributed by atoms with Gasteiger partial charge in [-0.3, -0.25) is 4.68 Å². The van der Waals surface area contributed by atoms with Crippen molar-refractivity contribution >= 4 is 38.8 Å². The molecule has 0 unspecified atom stereocenters. The molecule has 1 fully saturated rings. The van der Waals surface area contributed by atoms with Crippen LogP contribution in [0.5, 0.6) is 0 Å². The molecule has 0 aromatic carbocycles. The van der Waals surface area contributed by atoms with E-state index in [-0.39, 0.29) is 17.7 Å². The molecule has 0 radical (unpaired) electrons. The lowest BCUT2D eigenvalue weighted by Crippen LogP contribution is -2.26. The van der Waals surface area contributed by atoms with E-state index in [1.54, 1.807) is 12.4 Å². The minimum absolute atomic E-state index is 0.101. The Hall–Kier alpha value is -4.57. The molecule has 0 spiro atoms. The van der Waals surface area contributed by atoms with E-state index in [1.807, 2.05) is 23.1 Å². The molecule has 1 aliphatic heterocycles. The summed E-state index contributed by atoms with van der Waals surface area (Å²) in [6.45, 7) is 1.41. The second-order valence-electron chi connectivity index (χ2n) is 8.38. The fraction of sp³-hybridized carbons (Fsp3) is 0.304. The van der Waals surface area contributed by atoms with Gasteiger partial charge < -0.3 is 15.0 Å². The second kappa shape index (κ2) is 11.4. The maximum atomic E-state index is 10.6. The van der Waals surface area contributed by atoms with Crippen LogP contribution in [0.4, 0.5) is 19.0 Å². The van der Waals surface area contributed by atoms with Crippen molar-refractivity contribution in [3.05, 3.63) is 47.5 Å². The molecule has 2 atom stereocenters. The van der Waals surface area contributed by atoms with Crippen molar-refractivity contribution in [3.63, 3.8) is 0 Å². The van der Waals surface area contributed by atoms with E-state index >= 15 is 0 Å².